The summed E-state index contributed by atoms with van der Waals surface area (Å²) in [4.78, 5) is 13.4. The topological polar surface area (TPSA) is 37.3 Å². The number of carbonyl (C=O) groups excluding carboxylic acids is 1. The molecule has 0 radical (unpaired) electrons. The Kier molecular flexibility index (Phi) is 6.24. The fourth-order valence-electron chi connectivity index (χ4n) is 9.02. The van der Waals surface area contributed by atoms with Crippen LogP contribution < -0.4 is 0 Å². The first-order valence-electron chi connectivity index (χ1n) is 12.9. The van der Waals surface area contributed by atoms with E-state index in [0.717, 1.165) is 24.7 Å². The highest BCUT2D eigenvalue weighted by Crippen LogP contribution is 2.67. The van der Waals surface area contributed by atoms with Crippen molar-refractivity contribution in [2.75, 3.05) is 6.61 Å². The van der Waals surface area contributed by atoms with E-state index < -0.39 is 0 Å². The van der Waals surface area contributed by atoms with Gasteiger partial charge < -0.3 is 5.11 Å². The van der Waals surface area contributed by atoms with Crippen LogP contribution in [0.15, 0.2) is 0 Å². The van der Waals surface area contributed by atoms with E-state index >= 15 is 0 Å². The van der Waals surface area contributed by atoms with Gasteiger partial charge in [0, 0.05) is 18.9 Å². The molecule has 0 spiro atoms. The van der Waals surface area contributed by atoms with Gasteiger partial charge in [0.05, 0.1) is 0 Å². The summed E-state index contributed by atoms with van der Waals surface area (Å²) >= 11 is 0. The SMILES string of the molecule is CC(CO)CCCC(C)C1CCC2C3C(=O)CC4CCCCC4(C)C3CCC12C. The smallest absolute Gasteiger partial charge is 0.136 e. The first-order chi connectivity index (χ1) is 13.8. The number of aliphatic hydroxyl groups excluding tert-OH is 1. The molecular weight excluding hydrogens is 356 g/mol. The van der Waals surface area contributed by atoms with Crippen molar-refractivity contribution in [1.82, 2.24) is 0 Å². The van der Waals surface area contributed by atoms with Crippen LogP contribution in [0.2, 0.25) is 0 Å². The highest BCUT2D eigenvalue weighted by Gasteiger charge is 2.62. The summed E-state index contributed by atoms with van der Waals surface area (Å²) in [6, 6.07) is 0. The molecule has 1 N–H and O–H groups in total. The van der Waals surface area contributed by atoms with E-state index in [1.807, 2.05) is 0 Å². The molecule has 4 aliphatic carbocycles. The quantitative estimate of drug-likeness (QED) is 0.540. The van der Waals surface area contributed by atoms with Crippen molar-refractivity contribution in [1.29, 1.82) is 0 Å². The van der Waals surface area contributed by atoms with Crippen LogP contribution >= 0.6 is 0 Å². The Bertz CT molecular complexity index is 599. The van der Waals surface area contributed by atoms with Crippen molar-refractivity contribution >= 4 is 5.78 Å². The van der Waals surface area contributed by atoms with Crippen LogP contribution in [0, 0.1) is 52.3 Å². The second kappa shape index (κ2) is 8.29. The van der Waals surface area contributed by atoms with Gasteiger partial charge in [-0.25, -0.2) is 0 Å². The number of aliphatic hydroxyl groups is 1. The molecule has 9 unspecified atom stereocenters. The molecule has 0 aromatic heterocycles. The fourth-order valence-corrected chi connectivity index (χ4v) is 9.02. The predicted molar refractivity (Wildman–Crippen MR) is 119 cm³/mol. The molecule has 4 aliphatic rings. The van der Waals surface area contributed by atoms with Crippen LogP contribution in [0.3, 0.4) is 0 Å². The van der Waals surface area contributed by atoms with Gasteiger partial charge in [0.1, 0.15) is 5.78 Å². The molecule has 166 valence electrons. The predicted octanol–water partition coefficient (Wildman–Crippen LogP) is 6.65. The summed E-state index contributed by atoms with van der Waals surface area (Å²) in [5.41, 5.74) is 0.832. The van der Waals surface area contributed by atoms with Crippen molar-refractivity contribution in [3.8, 4) is 0 Å². The molecule has 0 aromatic carbocycles. The van der Waals surface area contributed by atoms with Crippen LogP contribution in [-0.2, 0) is 4.79 Å². The molecule has 0 heterocycles. The Hall–Kier alpha value is -0.370. The van der Waals surface area contributed by atoms with E-state index in [1.165, 1.54) is 64.2 Å². The van der Waals surface area contributed by atoms with E-state index in [0.29, 0.717) is 52.8 Å². The Morgan fingerprint density at radius 3 is 2.48 bits per heavy atom. The molecule has 0 aliphatic heterocycles. The third-order valence-electron chi connectivity index (χ3n) is 10.8. The number of hydrogen-bond donors (Lipinski definition) is 1. The monoisotopic (exact) mass is 402 g/mol. The third kappa shape index (κ3) is 3.64. The minimum Gasteiger partial charge on any atom is -0.396 e. The van der Waals surface area contributed by atoms with Gasteiger partial charge in [-0.05, 0) is 91.3 Å². The lowest BCUT2D eigenvalue weighted by atomic mass is 9.44. The third-order valence-corrected chi connectivity index (χ3v) is 10.8. The Morgan fingerprint density at radius 2 is 1.72 bits per heavy atom. The van der Waals surface area contributed by atoms with E-state index in [1.54, 1.807) is 0 Å². The Labute approximate surface area is 179 Å². The van der Waals surface area contributed by atoms with E-state index in [-0.39, 0.29) is 0 Å². The molecule has 29 heavy (non-hydrogen) atoms. The van der Waals surface area contributed by atoms with Gasteiger partial charge in [0.15, 0.2) is 0 Å². The maximum absolute atomic E-state index is 13.4. The molecule has 2 heteroatoms. The molecule has 2 nitrogen and oxygen atoms in total. The molecule has 0 aromatic rings. The molecule has 4 fully saturated rings. The van der Waals surface area contributed by atoms with Crippen LogP contribution in [-0.4, -0.2) is 17.5 Å². The molecular formula is C27H46O2. The number of rotatable bonds is 6. The van der Waals surface area contributed by atoms with Gasteiger partial charge in [-0.2, -0.15) is 0 Å². The molecule has 4 saturated carbocycles. The van der Waals surface area contributed by atoms with E-state index in [9.17, 15) is 9.90 Å². The lowest BCUT2D eigenvalue weighted by molar-refractivity contribution is -0.156. The zero-order valence-corrected chi connectivity index (χ0v) is 19.6. The highest BCUT2D eigenvalue weighted by molar-refractivity contribution is 5.83. The molecule has 0 saturated heterocycles. The van der Waals surface area contributed by atoms with E-state index in [2.05, 4.69) is 27.7 Å². The number of carbonyl (C=O) groups is 1. The van der Waals surface area contributed by atoms with Gasteiger partial charge >= 0.3 is 0 Å². The molecule has 0 bridgehead atoms. The Balaban J connectivity index is 1.48. The van der Waals surface area contributed by atoms with Crippen molar-refractivity contribution in [3.63, 3.8) is 0 Å². The van der Waals surface area contributed by atoms with Crippen molar-refractivity contribution in [2.45, 2.75) is 105 Å². The lowest BCUT2D eigenvalue weighted by Gasteiger charge is -2.60. The first-order valence-corrected chi connectivity index (χ1v) is 12.9. The maximum Gasteiger partial charge on any atom is 0.136 e. The van der Waals surface area contributed by atoms with Crippen LogP contribution in [0.4, 0.5) is 0 Å². The second-order valence-electron chi connectivity index (χ2n) is 12.3. The van der Waals surface area contributed by atoms with Crippen LogP contribution in [0.25, 0.3) is 0 Å². The number of Topliss-reactive ketones (excluding diaryl/α,β-unsaturated/α-hetero) is 1. The molecule has 0 amide bonds. The van der Waals surface area contributed by atoms with Gasteiger partial charge in [0.2, 0.25) is 0 Å². The second-order valence-corrected chi connectivity index (χ2v) is 12.3. The summed E-state index contributed by atoms with van der Waals surface area (Å²) in [5, 5.41) is 9.31. The largest absolute Gasteiger partial charge is 0.396 e. The van der Waals surface area contributed by atoms with Crippen molar-refractivity contribution in [2.24, 2.45) is 52.3 Å². The first kappa shape index (κ1) is 21.8. The van der Waals surface area contributed by atoms with Gasteiger partial charge in [0.25, 0.3) is 0 Å². The molecule has 4 rings (SSSR count). The van der Waals surface area contributed by atoms with Crippen molar-refractivity contribution in [3.05, 3.63) is 0 Å². The summed E-state index contributed by atoms with van der Waals surface area (Å²) < 4.78 is 0. The van der Waals surface area contributed by atoms with Gasteiger partial charge in [-0.3, -0.25) is 4.79 Å². The zero-order valence-electron chi connectivity index (χ0n) is 19.6. The summed E-state index contributed by atoms with van der Waals surface area (Å²) in [6.45, 7) is 10.1. The number of fused-ring (bicyclic) bond motifs is 5. The zero-order chi connectivity index (χ0) is 20.8. The van der Waals surface area contributed by atoms with Crippen LogP contribution in [0.5, 0.6) is 0 Å². The Morgan fingerprint density at radius 1 is 0.966 bits per heavy atom. The standard InChI is InChI=1S/C27H46O2/c1-18(17-28)8-7-9-19(2)21-11-12-22-25-23(13-15-27(21,22)4)26(3)14-6-5-10-20(26)16-24(25)29/h18-23,25,28H,5-17H2,1-4H3. The fraction of sp³-hybridized carbons (Fsp3) is 0.963. The van der Waals surface area contributed by atoms with Crippen molar-refractivity contribution < 1.29 is 9.90 Å². The minimum atomic E-state index is 0.322. The van der Waals surface area contributed by atoms with Gasteiger partial charge in [-0.15, -0.1) is 0 Å². The maximum atomic E-state index is 13.4. The summed E-state index contributed by atoms with van der Waals surface area (Å²) in [7, 11) is 0. The van der Waals surface area contributed by atoms with E-state index in [4.69, 9.17) is 0 Å². The van der Waals surface area contributed by atoms with Crippen LogP contribution in [0.1, 0.15) is 105 Å². The lowest BCUT2D eigenvalue weighted by Crippen LogP contribution is -2.56. The normalized spacial score (nSPS) is 46.5. The number of ketones is 1. The average Bonchev–Trinajstić information content (AvgIpc) is 3.05. The highest BCUT2D eigenvalue weighted by atomic mass is 16.3. The average molecular weight is 403 g/mol. The minimum absolute atomic E-state index is 0.322. The summed E-state index contributed by atoms with van der Waals surface area (Å²) in [5.74, 6) is 5.02. The molecule has 9 atom stereocenters. The summed E-state index contributed by atoms with van der Waals surface area (Å²) in [6.07, 6.45) is 15.3. The number of hydrogen-bond acceptors (Lipinski definition) is 2. The van der Waals surface area contributed by atoms with Gasteiger partial charge in [-0.1, -0.05) is 53.4 Å².